The maximum Gasteiger partial charge on any atom is 0.243 e. The van der Waals surface area contributed by atoms with Crippen LogP contribution in [-0.4, -0.2) is 39.0 Å². The van der Waals surface area contributed by atoms with Gasteiger partial charge in [0, 0.05) is 18.7 Å². The van der Waals surface area contributed by atoms with Gasteiger partial charge in [-0.1, -0.05) is 6.92 Å². The predicted molar refractivity (Wildman–Crippen MR) is 76.6 cm³/mol. The minimum Gasteiger partial charge on any atom is -0.299 e. The Kier molecular flexibility index (Phi) is 4.95. The van der Waals surface area contributed by atoms with E-state index in [0.717, 1.165) is 32.0 Å². The van der Waals surface area contributed by atoms with Gasteiger partial charge in [-0.05, 0) is 44.5 Å². The molecule has 1 atom stereocenters. The van der Waals surface area contributed by atoms with E-state index in [9.17, 15) is 17.2 Å². The average molecular weight is 318 g/mol. The van der Waals surface area contributed by atoms with Gasteiger partial charge in [-0.2, -0.15) is 0 Å². The molecule has 1 unspecified atom stereocenters. The van der Waals surface area contributed by atoms with E-state index in [1.165, 1.54) is 6.92 Å². The van der Waals surface area contributed by atoms with Crippen LogP contribution in [0.2, 0.25) is 0 Å². The second kappa shape index (κ2) is 6.37. The highest BCUT2D eigenvalue weighted by atomic mass is 32.2. The van der Waals surface area contributed by atoms with E-state index in [-0.39, 0.29) is 18.2 Å². The molecule has 2 rings (SSSR count). The molecule has 1 fully saturated rings. The van der Waals surface area contributed by atoms with E-state index in [2.05, 4.69) is 9.62 Å². The molecule has 0 bridgehead atoms. The molecule has 1 aliphatic rings. The van der Waals surface area contributed by atoms with Crippen LogP contribution in [0.3, 0.4) is 0 Å². The van der Waals surface area contributed by atoms with Crippen LogP contribution in [0, 0.1) is 18.6 Å². The van der Waals surface area contributed by atoms with Crippen LogP contribution in [0.15, 0.2) is 17.0 Å². The first-order valence-electron chi connectivity index (χ1n) is 7.04. The molecule has 0 spiro atoms. The zero-order valence-corrected chi connectivity index (χ0v) is 13.0. The van der Waals surface area contributed by atoms with E-state index in [1.54, 1.807) is 0 Å². The number of likely N-dealkylation sites (N-methyl/N-ethyl adjacent to an activating group) is 1. The first kappa shape index (κ1) is 16.3. The second-order valence-corrected chi connectivity index (χ2v) is 7.04. The number of rotatable bonds is 5. The van der Waals surface area contributed by atoms with Crippen LogP contribution in [0.25, 0.3) is 0 Å². The molecule has 1 aromatic carbocycles. The van der Waals surface area contributed by atoms with E-state index in [1.807, 2.05) is 6.92 Å². The van der Waals surface area contributed by atoms with Crippen molar-refractivity contribution in [2.24, 2.45) is 0 Å². The summed E-state index contributed by atoms with van der Waals surface area (Å²) in [4.78, 5) is 1.69. The number of hydrogen-bond donors (Lipinski definition) is 1. The van der Waals surface area contributed by atoms with Crippen LogP contribution in [0.1, 0.15) is 25.3 Å². The summed E-state index contributed by atoms with van der Waals surface area (Å²) in [6.45, 7) is 5.48. The number of likely N-dealkylation sites (tertiary alicyclic amines) is 1. The lowest BCUT2D eigenvalue weighted by atomic mass is 10.2. The van der Waals surface area contributed by atoms with Gasteiger partial charge in [-0.3, -0.25) is 4.90 Å². The molecule has 21 heavy (non-hydrogen) atoms. The van der Waals surface area contributed by atoms with Crippen molar-refractivity contribution in [3.05, 3.63) is 29.3 Å². The quantitative estimate of drug-likeness (QED) is 0.904. The van der Waals surface area contributed by atoms with E-state index in [0.29, 0.717) is 6.07 Å². The number of benzene rings is 1. The Bertz CT molecular complexity index is 620. The standard InChI is InChI=1S/C14H20F2N2O2S/c1-3-18-6-4-5-11(18)9-17-21(19,20)14-7-10(2)12(15)8-13(14)16/h7-8,11,17H,3-6,9H2,1-2H3. The van der Waals surface area contributed by atoms with Gasteiger partial charge in [0.2, 0.25) is 10.0 Å². The molecule has 0 amide bonds. The zero-order chi connectivity index (χ0) is 15.6. The number of halogens is 2. The smallest absolute Gasteiger partial charge is 0.243 e. The third-order valence-electron chi connectivity index (χ3n) is 3.92. The average Bonchev–Trinajstić information content (AvgIpc) is 2.88. The summed E-state index contributed by atoms with van der Waals surface area (Å²) in [5.41, 5.74) is 0.104. The lowest BCUT2D eigenvalue weighted by molar-refractivity contribution is 0.268. The fraction of sp³-hybridized carbons (Fsp3) is 0.571. The molecule has 0 aliphatic carbocycles. The predicted octanol–water partition coefficient (Wildman–Crippen LogP) is 2.04. The van der Waals surface area contributed by atoms with Gasteiger partial charge in [0.1, 0.15) is 16.5 Å². The topological polar surface area (TPSA) is 49.4 Å². The molecule has 118 valence electrons. The molecule has 4 nitrogen and oxygen atoms in total. The van der Waals surface area contributed by atoms with E-state index < -0.39 is 26.6 Å². The summed E-state index contributed by atoms with van der Waals surface area (Å²) in [7, 11) is -3.97. The highest BCUT2D eigenvalue weighted by molar-refractivity contribution is 7.89. The molecule has 1 aliphatic heterocycles. The van der Waals surface area contributed by atoms with Crippen molar-refractivity contribution in [3.8, 4) is 0 Å². The number of nitrogens with one attached hydrogen (secondary N) is 1. The van der Waals surface area contributed by atoms with Gasteiger partial charge >= 0.3 is 0 Å². The summed E-state index contributed by atoms with van der Waals surface area (Å²) < 4.78 is 53.7. The van der Waals surface area contributed by atoms with Gasteiger partial charge in [0.15, 0.2) is 0 Å². The minimum atomic E-state index is -3.97. The molecular weight excluding hydrogens is 298 g/mol. The molecule has 1 aromatic rings. The molecule has 0 aromatic heterocycles. The Balaban J connectivity index is 2.14. The highest BCUT2D eigenvalue weighted by Crippen LogP contribution is 2.20. The highest BCUT2D eigenvalue weighted by Gasteiger charge is 2.26. The van der Waals surface area contributed by atoms with Crippen LogP contribution in [-0.2, 0) is 10.0 Å². The van der Waals surface area contributed by atoms with Crippen LogP contribution in [0.4, 0.5) is 8.78 Å². The second-order valence-electron chi connectivity index (χ2n) is 5.31. The fourth-order valence-electron chi connectivity index (χ4n) is 2.66. The summed E-state index contributed by atoms with van der Waals surface area (Å²) in [5, 5.41) is 0. The van der Waals surface area contributed by atoms with Crippen molar-refractivity contribution in [2.45, 2.75) is 37.6 Å². The van der Waals surface area contributed by atoms with Crippen LogP contribution >= 0.6 is 0 Å². The van der Waals surface area contributed by atoms with Gasteiger partial charge in [-0.15, -0.1) is 0 Å². The van der Waals surface area contributed by atoms with Crippen molar-refractivity contribution in [1.29, 1.82) is 0 Å². The maximum absolute atomic E-state index is 13.7. The van der Waals surface area contributed by atoms with Crippen molar-refractivity contribution < 1.29 is 17.2 Å². The zero-order valence-electron chi connectivity index (χ0n) is 12.2. The lowest BCUT2D eigenvalue weighted by Crippen LogP contribution is -2.40. The lowest BCUT2D eigenvalue weighted by Gasteiger charge is -2.22. The molecule has 0 radical (unpaired) electrons. The first-order chi connectivity index (χ1) is 9.85. The number of nitrogens with zero attached hydrogens (tertiary/aromatic N) is 1. The number of aryl methyl sites for hydroxylation is 1. The van der Waals surface area contributed by atoms with Crippen LogP contribution in [0.5, 0.6) is 0 Å². The Labute approximate surface area is 124 Å². The number of sulfonamides is 1. The number of hydrogen-bond acceptors (Lipinski definition) is 3. The summed E-state index contributed by atoms with van der Waals surface area (Å²) in [6.07, 6.45) is 1.95. The summed E-state index contributed by atoms with van der Waals surface area (Å²) in [5.74, 6) is -1.82. The van der Waals surface area contributed by atoms with E-state index in [4.69, 9.17) is 0 Å². The Morgan fingerprint density at radius 3 is 2.71 bits per heavy atom. The normalized spacial score (nSPS) is 20.1. The summed E-state index contributed by atoms with van der Waals surface area (Å²) >= 11 is 0. The molecule has 1 N–H and O–H groups in total. The molecule has 7 heteroatoms. The van der Waals surface area contributed by atoms with Crippen molar-refractivity contribution >= 4 is 10.0 Å². The molecular formula is C14H20F2N2O2S. The van der Waals surface area contributed by atoms with Crippen molar-refractivity contribution in [3.63, 3.8) is 0 Å². The molecule has 1 heterocycles. The van der Waals surface area contributed by atoms with Gasteiger partial charge < -0.3 is 0 Å². The largest absolute Gasteiger partial charge is 0.299 e. The maximum atomic E-state index is 13.7. The third-order valence-corrected chi connectivity index (χ3v) is 5.36. The third kappa shape index (κ3) is 3.59. The molecule has 1 saturated heterocycles. The first-order valence-corrected chi connectivity index (χ1v) is 8.53. The van der Waals surface area contributed by atoms with Gasteiger partial charge in [-0.25, -0.2) is 21.9 Å². The van der Waals surface area contributed by atoms with Gasteiger partial charge in [0.25, 0.3) is 0 Å². The SMILES string of the molecule is CCN1CCCC1CNS(=O)(=O)c1cc(C)c(F)cc1F. The van der Waals surface area contributed by atoms with E-state index >= 15 is 0 Å². The van der Waals surface area contributed by atoms with Crippen molar-refractivity contribution in [2.75, 3.05) is 19.6 Å². The minimum absolute atomic E-state index is 0.104. The van der Waals surface area contributed by atoms with Crippen molar-refractivity contribution in [1.82, 2.24) is 9.62 Å². The van der Waals surface area contributed by atoms with Gasteiger partial charge in [0.05, 0.1) is 0 Å². The Hall–Kier alpha value is -1.05. The Morgan fingerprint density at radius 2 is 2.05 bits per heavy atom. The fourth-order valence-corrected chi connectivity index (χ4v) is 3.88. The monoisotopic (exact) mass is 318 g/mol. The van der Waals surface area contributed by atoms with Crippen LogP contribution < -0.4 is 4.72 Å². The summed E-state index contributed by atoms with van der Waals surface area (Å²) in [6, 6.07) is 1.77. The molecule has 0 saturated carbocycles. The Morgan fingerprint density at radius 1 is 1.33 bits per heavy atom.